The second-order valence-electron chi connectivity index (χ2n) is 6.20. The first kappa shape index (κ1) is 14.7. The van der Waals surface area contributed by atoms with E-state index in [2.05, 4.69) is 10.3 Å². The number of rotatable bonds is 5. The van der Waals surface area contributed by atoms with Gasteiger partial charge in [-0.05, 0) is 31.9 Å². The van der Waals surface area contributed by atoms with Crippen molar-refractivity contribution >= 4 is 5.91 Å². The molecule has 6 heteroatoms. The van der Waals surface area contributed by atoms with E-state index in [1.807, 2.05) is 31.2 Å². The third kappa shape index (κ3) is 2.87. The van der Waals surface area contributed by atoms with Gasteiger partial charge in [-0.2, -0.15) is 0 Å². The molecule has 1 aromatic heterocycles. The van der Waals surface area contributed by atoms with Crippen molar-refractivity contribution in [1.29, 1.82) is 0 Å². The lowest BCUT2D eigenvalue weighted by Crippen LogP contribution is -2.34. The average Bonchev–Trinajstić information content (AvgIpc) is 3.12. The van der Waals surface area contributed by atoms with Crippen molar-refractivity contribution in [2.24, 2.45) is 5.41 Å². The van der Waals surface area contributed by atoms with E-state index in [1.165, 1.54) is 5.56 Å². The van der Waals surface area contributed by atoms with E-state index < -0.39 is 0 Å². The highest BCUT2D eigenvalue weighted by atomic mass is 16.3. The SMILES string of the molecule is Cc1ccc(-n2cc(C(=O)N(C)CC3(CO)CC3)nn2)cc1. The second kappa shape index (κ2) is 5.53. The van der Waals surface area contributed by atoms with Gasteiger partial charge in [-0.25, -0.2) is 4.68 Å². The van der Waals surface area contributed by atoms with Gasteiger partial charge in [0.1, 0.15) is 0 Å². The highest BCUT2D eigenvalue weighted by Crippen LogP contribution is 2.45. The van der Waals surface area contributed by atoms with Crippen LogP contribution in [0.15, 0.2) is 30.5 Å². The number of aryl methyl sites for hydroxylation is 1. The number of aromatic nitrogens is 3. The number of amides is 1. The maximum Gasteiger partial charge on any atom is 0.275 e. The van der Waals surface area contributed by atoms with Gasteiger partial charge in [-0.15, -0.1) is 5.10 Å². The van der Waals surface area contributed by atoms with Gasteiger partial charge in [0.25, 0.3) is 5.91 Å². The molecular weight excluding hydrogens is 280 g/mol. The third-order valence-electron chi connectivity index (χ3n) is 4.22. The smallest absolute Gasteiger partial charge is 0.275 e. The van der Waals surface area contributed by atoms with Crippen molar-refractivity contribution in [2.45, 2.75) is 19.8 Å². The predicted octanol–water partition coefficient (Wildman–Crippen LogP) is 1.42. The summed E-state index contributed by atoms with van der Waals surface area (Å²) in [5.41, 5.74) is 2.25. The van der Waals surface area contributed by atoms with Crippen LogP contribution in [0.2, 0.25) is 0 Å². The summed E-state index contributed by atoms with van der Waals surface area (Å²) in [6, 6.07) is 7.85. The molecule has 1 N–H and O–H groups in total. The quantitative estimate of drug-likeness (QED) is 0.906. The first-order valence-electron chi connectivity index (χ1n) is 7.39. The van der Waals surface area contributed by atoms with E-state index in [-0.39, 0.29) is 17.9 Å². The molecule has 0 radical (unpaired) electrons. The monoisotopic (exact) mass is 300 g/mol. The molecule has 0 bridgehead atoms. The Hall–Kier alpha value is -2.21. The fraction of sp³-hybridized carbons (Fsp3) is 0.438. The molecular formula is C16H20N4O2. The molecule has 2 aromatic rings. The number of aliphatic hydroxyl groups excluding tert-OH is 1. The van der Waals surface area contributed by atoms with Crippen molar-refractivity contribution in [2.75, 3.05) is 20.2 Å². The van der Waals surface area contributed by atoms with Gasteiger partial charge >= 0.3 is 0 Å². The molecule has 0 atom stereocenters. The maximum absolute atomic E-state index is 12.4. The molecule has 0 saturated heterocycles. The summed E-state index contributed by atoms with van der Waals surface area (Å²) in [5.74, 6) is -0.168. The molecule has 1 amide bonds. The van der Waals surface area contributed by atoms with Gasteiger partial charge in [0, 0.05) is 19.0 Å². The number of carbonyl (C=O) groups is 1. The Balaban J connectivity index is 1.72. The van der Waals surface area contributed by atoms with Crippen LogP contribution in [0.1, 0.15) is 28.9 Å². The molecule has 1 aliphatic rings. The van der Waals surface area contributed by atoms with Crippen LogP contribution >= 0.6 is 0 Å². The standard InChI is InChI=1S/C16H20N4O2/c1-12-3-5-13(6-4-12)20-9-14(17-18-20)15(22)19(2)10-16(11-21)7-8-16/h3-6,9,21H,7-8,10-11H2,1-2H3. The first-order chi connectivity index (χ1) is 10.5. The molecule has 0 aliphatic heterocycles. The van der Waals surface area contributed by atoms with Crippen LogP contribution in [0.3, 0.4) is 0 Å². The Kier molecular flexibility index (Phi) is 3.70. The fourth-order valence-corrected chi connectivity index (χ4v) is 2.50. The lowest BCUT2D eigenvalue weighted by Gasteiger charge is -2.21. The van der Waals surface area contributed by atoms with Crippen LogP contribution in [0.25, 0.3) is 5.69 Å². The minimum atomic E-state index is -0.168. The highest BCUT2D eigenvalue weighted by molar-refractivity contribution is 5.91. The number of carbonyl (C=O) groups excluding carboxylic acids is 1. The van der Waals surface area contributed by atoms with E-state index in [1.54, 1.807) is 22.8 Å². The van der Waals surface area contributed by atoms with Crippen LogP contribution in [-0.2, 0) is 0 Å². The topological polar surface area (TPSA) is 71.2 Å². The molecule has 1 saturated carbocycles. The van der Waals surface area contributed by atoms with Gasteiger partial charge in [0.05, 0.1) is 18.5 Å². The summed E-state index contributed by atoms with van der Waals surface area (Å²) < 4.78 is 1.60. The number of aliphatic hydroxyl groups is 1. The number of nitrogens with zero attached hydrogens (tertiary/aromatic N) is 4. The molecule has 0 spiro atoms. The average molecular weight is 300 g/mol. The van der Waals surface area contributed by atoms with E-state index in [9.17, 15) is 9.90 Å². The molecule has 22 heavy (non-hydrogen) atoms. The molecule has 116 valence electrons. The number of hydrogen-bond donors (Lipinski definition) is 1. The summed E-state index contributed by atoms with van der Waals surface area (Å²) in [6.45, 7) is 2.70. The van der Waals surface area contributed by atoms with Crippen molar-refractivity contribution in [1.82, 2.24) is 19.9 Å². The molecule has 0 unspecified atom stereocenters. The van der Waals surface area contributed by atoms with E-state index in [0.29, 0.717) is 12.2 Å². The number of hydrogen-bond acceptors (Lipinski definition) is 4. The first-order valence-corrected chi connectivity index (χ1v) is 7.39. The highest BCUT2D eigenvalue weighted by Gasteiger charge is 2.43. The minimum Gasteiger partial charge on any atom is -0.396 e. The van der Waals surface area contributed by atoms with Crippen molar-refractivity contribution < 1.29 is 9.90 Å². The van der Waals surface area contributed by atoms with E-state index in [0.717, 1.165) is 18.5 Å². The Morgan fingerprint density at radius 2 is 2.05 bits per heavy atom. The van der Waals surface area contributed by atoms with Gasteiger partial charge in [0.15, 0.2) is 5.69 Å². The van der Waals surface area contributed by atoms with Gasteiger partial charge in [-0.3, -0.25) is 4.79 Å². The van der Waals surface area contributed by atoms with Crippen LogP contribution in [0.5, 0.6) is 0 Å². The zero-order chi connectivity index (χ0) is 15.7. The van der Waals surface area contributed by atoms with Crippen molar-refractivity contribution in [3.63, 3.8) is 0 Å². The molecule has 1 aromatic carbocycles. The molecule has 1 heterocycles. The maximum atomic E-state index is 12.4. The van der Waals surface area contributed by atoms with Crippen LogP contribution in [-0.4, -0.2) is 51.1 Å². The Labute approximate surface area is 129 Å². The van der Waals surface area contributed by atoms with Crippen LogP contribution in [0.4, 0.5) is 0 Å². The fourth-order valence-electron chi connectivity index (χ4n) is 2.50. The summed E-state index contributed by atoms with van der Waals surface area (Å²) >= 11 is 0. The minimum absolute atomic E-state index is 0.0998. The lowest BCUT2D eigenvalue weighted by atomic mass is 10.1. The zero-order valence-electron chi connectivity index (χ0n) is 12.9. The van der Waals surface area contributed by atoms with Crippen LogP contribution < -0.4 is 0 Å². The lowest BCUT2D eigenvalue weighted by molar-refractivity contribution is 0.0727. The van der Waals surface area contributed by atoms with Crippen molar-refractivity contribution in [3.8, 4) is 5.69 Å². The molecule has 6 nitrogen and oxygen atoms in total. The normalized spacial score (nSPS) is 15.6. The van der Waals surface area contributed by atoms with E-state index >= 15 is 0 Å². The summed E-state index contributed by atoms with van der Waals surface area (Å²) in [6.07, 6.45) is 3.58. The third-order valence-corrected chi connectivity index (χ3v) is 4.22. The van der Waals surface area contributed by atoms with E-state index in [4.69, 9.17) is 0 Å². The predicted molar refractivity (Wildman–Crippen MR) is 81.8 cm³/mol. The van der Waals surface area contributed by atoms with Gasteiger partial charge in [-0.1, -0.05) is 22.9 Å². The largest absolute Gasteiger partial charge is 0.396 e. The molecule has 1 aliphatic carbocycles. The number of benzene rings is 1. The van der Waals surface area contributed by atoms with Gasteiger partial charge in [0.2, 0.25) is 0 Å². The van der Waals surface area contributed by atoms with Crippen LogP contribution in [0, 0.1) is 12.3 Å². The van der Waals surface area contributed by atoms with Crippen molar-refractivity contribution in [3.05, 3.63) is 41.7 Å². The summed E-state index contributed by atoms with van der Waals surface area (Å²) in [7, 11) is 1.74. The zero-order valence-corrected chi connectivity index (χ0v) is 12.9. The Bertz CT molecular complexity index is 674. The Morgan fingerprint density at radius 3 is 2.64 bits per heavy atom. The molecule has 1 fully saturated rings. The second-order valence-corrected chi connectivity index (χ2v) is 6.20. The summed E-state index contributed by atoms with van der Waals surface area (Å²) in [4.78, 5) is 14.0. The Morgan fingerprint density at radius 1 is 1.36 bits per heavy atom. The summed E-state index contributed by atoms with van der Waals surface area (Å²) in [5, 5.41) is 17.4. The van der Waals surface area contributed by atoms with Gasteiger partial charge < -0.3 is 10.0 Å². The molecule has 3 rings (SSSR count).